The lowest BCUT2D eigenvalue weighted by Gasteiger charge is -2.56. The number of hydrogen-bond donors (Lipinski definition) is 0. The molecule has 2 saturated carbocycles. The van der Waals surface area contributed by atoms with Crippen molar-refractivity contribution in [1.82, 2.24) is 0 Å². The second-order valence-electron chi connectivity index (χ2n) is 9.37. The zero-order valence-electron chi connectivity index (χ0n) is 16.3. The third kappa shape index (κ3) is 3.40. The molecule has 0 spiro atoms. The standard InChI is InChI=1S/C24H39/c1-4-24(21-14-9-6-10-15-21)22(16-11-19-23(24,2)3)18-17-20-12-7-5-8-13-20/h4,14,20H,1,5-13,15-19H2,2-3H3. The van der Waals surface area contributed by atoms with E-state index in [0.717, 1.165) is 5.92 Å². The molecule has 0 N–H and O–H groups in total. The smallest absolute Gasteiger partial charge is 0.0201 e. The molecular weight excluding hydrogens is 288 g/mol. The van der Waals surface area contributed by atoms with Gasteiger partial charge in [-0.3, -0.25) is 0 Å². The molecule has 1 unspecified atom stereocenters. The fourth-order valence-electron chi connectivity index (χ4n) is 6.20. The second-order valence-corrected chi connectivity index (χ2v) is 9.37. The lowest BCUT2D eigenvalue weighted by Crippen LogP contribution is -2.46. The predicted molar refractivity (Wildman–Crippen MR) is 106 cm³/mol. The minimum atomic E-state index is 0.195. The van der Waals surface area contributed by atoms with E-state index in [1.54, 1.807) is 5.57 Å². The van der Waals surface area contributed by atoms with E-state index in [2.05, 4.69) is 32.6 Å². The quantitative estimate of drug-likeness (QED) is 0.452. The van der Waals surface area contributed by atoms with Crippen LogP contribution in [0.25, 0.3) is 0 Å². The lowest BCUT2D eigenvalue weighted by atomic mass is 9.48. The molecule has 3 aliphatic rings. The Bertz CT molecular complexity index is 449. The molecule has 135 valence electrons. The maximum absolute atomic E-state index is 4.41. The van der Waals surface area contributed by atoms with Crippen molar-refractivity contribution in [3.05, 3.63) is 30.2 Å². The van der Waals surface area contributed by atoms with Gasteiger partial charge in [-0.1, -0.05) is 70.1 Å². The van der Waals surface area contributed by atoms with Crippen molar-refractivity contribution in [3.63, 3.8) is 0 Å². The number of hydrogen-bond acceptors (Lipinski definition) is 0. The molecule has 1 atom stereocenters. The molecule has 3 rings (SSSR count). The van der Waals surface area contributed by atoms with Crippen LogP contribution in [-0.2, 0) is 0 Å². The highest BCUT2D eigenvalue weighted by Crippen LogP contribution is 2.62. The van der Waals surface area contributed by atoms with Gasteiger partial charge in [-0.05, 0) is 68.6 Å². The second kappa shape index (κ2) is 7.79. The molecule has 0 bridgehead atoms. The van der Waals surface area contributed by atoms with E-state index in [1.165, 1.54) is 89.9 Å². The van der Waals surface area contributed by atoms with Crippen LogP contribution in [-0.4, -0.2) is 0 Å². The molecule has 1 radical (unpaired) electrons. The van der Waals surface area contributed by atoms with E-state index in [-0.39, 0.29) is 5.41 Å². The lowest BCUT2D eigenvalue weighted by molar-refractivity contribution is 0.106. The Morgan fingerprint density at radius 1 is 1.04 bits per heavy atom. The van der Waals surface area contributed by atoms with Crippen LogP contribution >= 0.6 is 0 Å². The molecule has 0 heteroatoms. The minimum Gasteiger partial charge on any atom is -0.102 e. The van der Waals surface area contributed by atoms with E-state index in [4.69, 9.17) is 0 Å². The van der Waals surface area contributed by atoms with Crippen LogP contribution in [0.5, 0.6) is 0 Å². The summed E-state index contributed by atoms with van der Waals surface area (Å²) in [6.07, 6.45) is 24.6. The van der Waals surface area contributed by atoms with E-state index < -0.39 is 0 Å². The van der Waals surface area contributed by atoms with Crippen LogP contribution in [0.2, 0.25) is 0 Å². The van der Waals surface area contributed by atoms with Gasteiger partial charge in [-0.15, -0.1) is 6.58 Å². The van der Waals surface area contributed by atoms with Crippen LogP contribution in [0.3, 0.4) is 0 Å². The first kappa shape index (κ1) is 18.3. The van der Waals surface area contributed by atoms with Crippen LogP contribution in [0.1, 0.15) is 104 Å². The van der Waals surface area contributed by atoms with E-state index >= 15 is 0 Å². The van der Waals surface area contributed by atoms with Gasteiger partial charge >= 0.3 is 0 Å². The van der Waals surface area contributed by atoms with Crippen molar-refractivity contribution in [1.29, 1.82) is 0 Å². The van der Waals surface area contributed by atoms with Gasteiger partial charge in [-0.25, -0.2) is 0 Å². The van der Waals surface area contributed by atoms with Crippen molar-refractivity contribution in [2.75, 3.05) is 0 Å². The fraction of sp³-hybridized carbons (Fsp3) is 0.792. The van der Waals surface area contributed by atoms with E-state index in [0.29, 0.717) is 5.41 Å². The maximum atomic E-state index is 4.41. The summed E-state index contributed by atoms with van der Waals surface area (Å²) in [5.74, 6) is 2.84. The van der Waals surface area contributed by atoms with Crippen LogP contribution in [0.15, 0.2) is 24.3 Å². The maximum Gasteiger partial charge on any atom is 0.0201 e. The normalized spacial score (nSPS) is 32.3. The highest BCUT2D eigenvalue weighted by molar-refractivity contribution is 5.37. The van der Waals surface area contributed by atoms with E-state index in [9.17, 15) is 0 Å². The van der Waals surface area contributed by atoms with Gasteiger partial charge in [0.1, 0.15) is 0 Å². The van der Waals surface area contributed by atoms with Gasteiger partial charge in [0.05, 0.1) is 0 Å². The molecule has 0 aromatic rings. The van der Waals surface area contributed by atoms with Gasteiger partial charge in [0, 0.05) is 5.41 Å². The first-order valence-corrected chi connectivity index (χ1v) is 10.8. The first-order chi connectivity index (χ1) is 11.6. The Hall–Kier alpha value is -0.520. The highest BCUT2D eigenvalue weighted by Gasteiger charge is 2.52. The Labute approximate surface area is 151 Å². The Balaban J connectivity index is 1.81. The summed E-state index contributed by atoms with van der Waals surface area (Å²) < 4.78 is 0. The Kier molecular flexibility index (Phi) is 5.94. The van der Waals surface area contributed by atoms with Crippen molar-refractivity contribution in [3.8, 4) is 0 Å². The third-order valence-electron chi connectivity index (χ3n) is 7.59. The minimum absolute atomic E-state index is 0.195. The van der Waals surface area contributed by atoms with Crippen molar-refractivity contribution in [2.24, 2.45) is 16.7 Å². The van der Waals surface area contributed by atoms with Gasteiger partial charge in [0.25, 0.3) is 0 Å². The molecule has 2 fully saturated rings. The summed E-state index contributed by atoms with van der Waals surface area (Å²) >= 11 is 0. The SMILES string of the molecule is C=CC1(C2=CCCCC2)[C](CCC2CCCCC2)CCCC1(C)C. The number of rotatable bonds is 5. The van der Waals surface area contributed by atoms with Crippen LogP contribution in [0, 0.1) is 22.7 Å². The summed E-state index contributed by atoms with van der Waals surface area (Å²) in [6.45, 7) is 9.45. The predicted octanol–water partition coefficient (Wildman–Crippen LogP) is 7.80. The molecule has 3 aliphatic carbocycles. The third-order valence-corrected chi connectivity index (χ3v) is 7.59. The molecule has 0 amide bonds. The average Bonchev–Trinajstić information content (AvgIpc) is 2.61. The monoisotopic (exact) mass is 327 g/mol. The van der Waals surface area contributed by atoms with Crippen molar-refractivity contribution >= 4 is 0 Å². The largest absolute Gasteiger partial charge is 0.102 e. The zero-order chi connectivity index (χ0) is 17.0. The first-order valence-electron chi connectivity index (χ1n) is 10.8. The van der Waals surface area contributed by atoms with Crippen molar-refractivity contribution < 1.29 is 0 Å². The van der Waals surface area contributed by atoms with Gasteiger partial charge in [-0.2, -0.15) is 0 Å². The summed E-state index contributed by atoms with van der Waals surface area (Å²) in [5.41, 5.74) is 2.27. The van der Waals surface area contributed by atoms with Gasteiger partial charge in [0.15, 0.2) is 0 Å². The Morgan fingerprint density at radius 2 is 1.83 bits per heavy atom. The summed E-state index contributed by atoms with van der Waals surface area (Å²) in [4.78, 5) is 0. The molecular formula is C24H39. The van der Waals surface area contributed by atoms with E-state index in [1.807, 2.05) is 5.92 Å². The zero-order valence-corrected chi connectivity index (χ0v) is 16.3. The summed E-state index contributed by atoms with van der Waals surface area (Å²) in [6, 6.07) is 0. The van der Waals surface area contributed by atoms with Crippen LogP contribution < -0.4 is 0 Å². The molecule has 0 aliphatic heterocycles. The molecule has 0 aromatic heterocycles. The highest BCUT2D eigenvalue weighted by atomic mass is 14.6. The molecule has 0 heterocycles. The summed E-state index contributed by atoms with van der Waals surface area (Å²) in [5, 5.41) is 0. The topological polar surface area (TPSA) is 0 Å². The van der Waals surface area contributed by atoms with Crippen LogP contribution in [0.4, 0.5) is 0 Å². The fourth-order valence-corrected chi connectivity index (χ4v) is 6.20. The van der Waals surface area contributed by atoms with Gasteiger partial charge in [0.2, 0.25) is 0 Å². The van der Waals surface area contributed by atoms with Gasteiger partial charge < -0.3 is 0 Å². The number of allylic oxidation sites excluding steroid dienone is 3. The molecule has 0 aromatic carbocycles. The average molecular weight is 328 g/mol. The summed E-state index contributed by atoms with van der Waals surface area (Å²) in [7, 11) is 0. The van der Waals surface area contributed by atoms with Crippen molar-refractivity contribution in [2.45, 2.75) is 104 Å². The molecule has 0 nitrogen and oxygen atoms in total. The molecule has 24 heavy (non-hydrogen) atoms. The molecule has 0 saturated heterocycles. The Morgan fingerprint density at radius 3 is 2.50 bits per heavy atom.